The molecule has 0 radical (unpaired) electrons. The Bertz CT molecular complexity index is 885. The zero-order valence-electron chi connectivity index (χ0n) is 13.0. The summed E-state index contributed by atoms with van der Waals surface area (Å²) in [7, 11) is 0. The van der Waals surface area contributed by atoms with Gasteiger partial charge in [0.15, 0.2) is 5.11 Å². The van der Waals surface area contributed by atoms with Crippen LogP contribution in [0, 0.1) is 5.82 Å². The van der Waals surface area contributed by atoms with Crippen molar-refractivity contribution in [2.45, 2.75) is 0 Å². The number of anilines is 1. The standard InChI is InChI=1S/C17H16FN5S/c18-13-5-1-3-7-15(13)21-9-11-22(12-10-21)17(24)23-16-8-4-2-6-14(16)19-20-23/h1-8H,9-12H2. The number of fused-ring (bicyclic) bond motifs is 1. The lowest BCUT2D eigenvalue weighted by atomic mass is 10.2. The number of nitrogens with zero attached hydrogens (tertiary/aromatic N) is 5. The Morgan fingerprint density at radius 2 is 1.67 bits per heavy atom. The van der Waals surface area contributed by atoms with Crippen LogP contribution < -0.4 is 4.90 Å². The van der Waals surface area contributed by atoms with Gasteiger partial charge in [-0.15, -0.1) is 5.10 Å². The smallest absolute Gasteiger partial charge is 0.198 e. The molecule has 3 aromatic rings. The van der Waals surface area contributed by atoms with Crippen molar-refractivity contribution in [1.82, 2.24) is 19.9 Å². The predicted octanol–water partition coefficient (Wildman–Crippen LogP) is 2.53. The number of halogens is 1. The molecule has 0 saturated carbocycles. The Morgan fingerprint density at radius 3 is 2.46 bits per heavy atom. The van der Waals surface area contributed by atoms with E-state index >= 15 is 0 Å². The Hall–Kier alpha value is -2.54. The van der Waals surface area contributed by atoms with Gasteiger partial charge in [-0.05, 0) is 36.5 Å². The fourth-order valence-corrected chi connectivity index (χ4v) is 3.31. The topological polar surface area (TPSA) is 37.2 Å². The highest BCUT2D eigenvalue weighted by molar-refractivity contribution is 7.80. The van der Waals surface area contributed by atoms with Gasteiger partial charge in [0, 0.05) is 26.2 Å². The van der Waals surface area contributed by atoms with E-state index in [1.165, 1.54) is 6.07 Å². The lowest BCUT2D eigenvalue weighted by Crippen LogP contribution is -2.50. The number of hydrogen-bond donors (Lipinski definition) is 0. The van der Waals surface area contributed by atoms with Crippen molar-refractivity contribution in [3.05, 3.63) is 54.3 Å². The molecule has 1 aliphatic heterocycles. The monoisotopic (exact) mass is 341 g/mol. The van der Waals surface area contributed by atoms with Crippen molar-refractivity contribution >= 4 is 34.1 Å². The van der Waals surface area contributed by atoms with Gasteiger partial charge in [-0.25, -0.2) is 4.39 Å². The van der Waals surface area contributed by atoms with Gasteiger partial charge < -0.3 is 9.80 Å². The van der Waals surface area contributed by atoms with E-state index in [1.807, 2.05) is 41.3 Å². The molecule has 1 fully saturated rings. The number of benzene rings is 2. The quantitative estimate of drug-likeness (QED) is 0.636. The second-order valence-electron chi connectivity index (χ2n) is 5.70. The molecule has 1 saturated heterocycles. The number of hydrogen-bond acceptors (Lipinski definition) is 4. The third-order valence-corrected chi connectivity index (χ3v) is 4.71. The zero-order chi connectivity index (χ0) is 16.5. The van der Waals surface area contributed by atoms with Crippen LogP contribution in [0.5, 0.6) is 0 Å². The van der Waals surface area contributed by atoms with Crippen molar-refractivity contribution in [1.29, 1.82) is 0 Å². The lowest BCUT2D eigenvalue weighted by Gasteiger charge is -2.37. The summed E-state index contributed by atoms with van der Waals surface area (Å²) in [6.45, 7) is 2.88. The third kappa shape index (κ3) is 2.60. The molecule has 24 heavy (non-hydrogen) atoms. The van der Waals surface area contributed by atoms with Crippen molar-refractivity contribution in [3.63, 3.8) is 0 Å². The number of para-hydroxylation sites is 2. The number of aromatic nitrogens is 3. The van der Waals surface area contributed by atoms with E-state index in [2.05, 4.69) is 15.2 Å². The summed E-state index contributed by atoms with van der Waals surface area (Å²) in [5, 5.41) is 8.96. The van der Waals surface area contributed by atoms with Crippen LogP contribution in [-0.2, 0) is 0 Å². The van der Waals surface area contributed by atoms with Gasteiger partial charge in [0.25, 0.3) is 0 Å². The molecular weight excluding hydrogens is 325 g/mol. The molecule has 1 aliphatic rings. The van der Waals surface area contributed by atoms with Crippen LogP contribution in [0.15, 0.2) is 48.5 Å². The van der Waals surface area contributed by atoms with Crippen LogP contribution >= 0.6 is 12.2 Å². The van der Waals surface area contributed by atoms with Crippen molar-refractivity contribution in [3.8, 4) is 0 Å². The molecule has 0 spiro atoms. The maximum Gasteiger partial charge on any atom is 0.198 e. The molecule has 1 aromatic heterocycles. The summed E-state index contributed by atoms with van der Waals surface area (Å²) in [4.78, 5) is 4.14. The van der Waals surface area contributed by atoms with Gasteiger partial charge in [-0.3, -0.25) is 0 Å². The van der Waals surface area contributed by atoms with Crippen LogP contribution in [0.1, 0.15) is 0 Å². The molecule has 5 nitrogen and oxygen atoms in total. The van der Waals surface area contributed by atoms with Crippen LogP contribution in [0.3, 0.4) is 0 Å². The first-order valence-electron chi connectivity index (χ1n) is 7.83. The fraction of sp³-hybridized carbons (Fsp3) is 0.235. The fourth-order valence-electron chi connectivity index (χ4n) is 2.99. The SMILES string of the molecule is Fc1ccccc1N1CCN(C(=S)n2nnc3ccccc32)CC1. The molecule has 0 atom stereocenters. The summed E-state index contributed by atoms with van der Waals surface area (Å²) >= 11 is 5.60. The zero-order valence-corrected chi connectivity index (χ0v) is 13.8. The molecule has 122 valence electrons. The molecule has 4 rings (SSSR count). The van der Waals surface area contributed by atoms with E-state index in [9.17, 15) is 4.39 Å². The minimum atomic E-state index is -0.184. The van der Waals surface area contributed by atoms with E-state index in [-0.39, 0.29) is 5.82 Å². The van der Waals surface area contributed by atoms with E-state index < -0.39 is 0 Å². The van der Waals surface area contributed by atoms with Gasteiger partial charge in [-0.1, -0.05) is 29.5 Å². The van der Waals surface area contributed by atoms with Gasteiger partial charge in [0.2, 0.25) is 0 Å². The van der Waals surface area contributed by atoms with Crippen LogP contribution in [0.2, 0.25) is 0 Å². The average molecular weight is 341 g/mol. The molecule has 0 amide bonds. The first kappa shape index (κ1) is 15.0. The van der Waals surface area contributed by atoms with E-state index in [4.69, 9.17) is 12.2 Å². The molecule has 0 bridgehead atoms. The van der Waals surface area contributed by atoms with Gasteiger partial charge >= 0.3 is 0 Å². The Morgan fingerprint density at radius 1 is 0.958 bits per heavy atom. The first-order chi connectivity index (χ1) is 11.7. The summed E-state index contributed by atoms with van der Waals surface area (Å²) < 4.78 is 15.6. The minimum Gasteiger partial charge on any atom is -0.366 e. The Balaban J connectivity index is 1.50. The highest BCUT2D eigenvalue weighted by Crippen LogP contribution is 2.20. The average Bonchev–Trinajstić information content (AvgIpc) is 3.06. The van der Waals surface area contributed by atoms with Gasteiger partial charge in [0.1, 0.15) is 11.3 Å². The van der Waals surface area contributed by atoms with Crippen molar-refractivity contribution < 1.29 is 4.39 Å². The first-order valence-corrected chi connectivity index (χ1v) is 8.24. The molecule has 0 aliphatic carbocycles. The Labute approximate surface area is 144 Å². The summed E-state index contributed by atoms with van der Waals surface area (Å²) in [5.74, 6) is -0.184. The van der Waals surface area contributed by atoms with Gasteiger partial charge in [0.05, 0.1) is 11.2 Å². The molecule has 2 heterocycles. The second-order valence-corrected chi connectivity index (χ2v) is 6.06. The second kappa shape index (κ2) is 6.16. The van der Waals surface area contributed by atoms with E-state index in [0.29, 0.717) is 23.9 Å². The predicted molar refractivity (Wildman–Crippen MR) is 95.7 cm³/mol. The van der Waals surface area contributed by atoms with Gasteiger partial charge in [-0.2, -0.15) is 4.68 Å². The summed E-state index contributed by atoms with van der Waals surface area (Å²) in [5.41, 5.74) is 2.37. The molecule has 2 aromatic carbocycles. The van der Waals surface area contributed by atoms with Crippen LogP contribution in [-0.4, -0.2) is 51.2 Å². The summed E-state index contributed by atoms with van der Waals surface area (Å²) in [6.07, 6.45) is 0. The Kier molecular flexibility index (Phi) is 3.86. The van der Waals surface area contributed by atoms with Crippen molar-refractivity contribution in [2.75, 3.05) is 31.1 Å². The number of thiocarbonyl (C=S) groups is 1. The molecular formula is C17H16FN5S. The highest BCUT2D eigenvalue weighted by atomic mass is 32.1. The third-order valence-electron chi connectivity index (χ3n) is 4.28. The van der Waals surface area contributed by atoms with E-state index in [0.717, 1.165) is 24.1 Å². The number of piperazine rings is 1. The molecule has 0 unspecified atom stereocenters. The lowest BCUT2D eigenvalue weighted by molar-refractivity contribution is 0.377. The molecule has 7 heteroatoms. The van der Waals surface area contributed by atoms with E-state index in [1.54, 1.807) is 10.7 Å². The summed E-state index contributed by atoms with van der Waals surface area (Å²) in [6, 6.07) is 14.6. The largest absolute Gasteiger partial charge is 0.366 e. The minimum absolute atomic E-state index is 0.184. The molecule has 0 N–H and O–H groups in total. The maximum atomic E-state index is 13.9. The van der Waals surface area contributed by atoms with Crippen LogP contribution in [0.25, 0.3) is 11.0 Å². The normalized spacial score (nSPS) is 15.0. The van der Waals surface area contributed by atoms with Crippen LogP contribution in [0.4, 0.5) is 10.1 Å². The maximum absolute atomic E-state index is 13.9. The highest BCUT2D eigenvalue weighted by Gasteiger charge is 2.22. The van der Waals surface area contributed by atoms with Crippen molar-refractivity contribution in [2.24, 2.45) is 0 Å². The number of rotatable bonds is 1.